The molecule has 81 heavy (non-hydrogen) atoms. The van der Waals surface area contributed by atoms with Crippen LogP contribution in [0.15, 0.2) is 54.6 Å². The molecular formula is C56H71Cl2N11O12. The Morgan fingerprint density at radius 1 is 0.753 bits per heavy atom. The highest BCUT2D eigenvalue weighted by Gasteiger charge is 2.40. The Labute approximate surface area is 480 Å². The van der Waals surface area contributed by atoms with Crippen molar-refractivity contribution < 1.29 is 58.0 Å². The Kier molecular flexibility index (Phi) is 20.8. The van der Waals surface area contributed by atoms with Crippen molar-refractivity contribution in [1.82, 2.24) is 49.8 Å². The number of morpholine rings is 1. The Bertz CT molecular complexity index is 2930. The first-order chi connectivity index (χ1) is 38.9. The number of piperidine rings is 1. The molecule has 8 rings (SSSR count). The van der Waals surface area contributed by atoms with Crippen LogP contribution in [-0.2, 0) is 40.1 Å². The van der Waals surface area contributed by atoms with E-state index in [1.54, 1.807) is 56.8 Å². The van der Waals surface area contributed by atoms with Crippen molar-refractivity contribution in [2.24, 2.45) is 0 Å². The summed E-state index contributed by atoms with van der Waals surface area (Å²) in [6, 6.07) is 16.0. The lowest BCUT2D eigenvalue weighted by Crippen LogP contribution is -2.55. The number of aliphatic carboxylic acids is 2. The van der Waals surface area contributed by atoms with Crippen molar-refractivity contribution in [1.29, 1.82) is 0 Å². The van der Waals surface area contributed by atoms with Crippen molar-refractivity contribution in [2.45, 2.75) is 51.3 Å². The third-order valence-electron chi connectivity index (χ3n) is 14.9. The second-order valence-electron chi connectivity index (χ2n) is 21.3. The second-order valence-corrected chi connectivity index (χ2v) is 22.2. The van der Waals surface area contributed by atoms with E-state index in [1.165, 1.54) is 0 Å². The van der Waals surface area contributed by atoms with E-state index >= 15 is 0 Å². The van der Waals surface area contributed by atoms with E-state index in [9.17, 15) is 43.8 Å². The third-order valence-corrected chi connectivity index (χ3v) is 15.3. The molecule has 4 aromatic rings. The summed E-state index contributed by atoms with van der Waals surface area (Å²) in [5.74, 6) is -1.96. The first-order valence-corrected chi connectivity index (χ1v) is 27.9. The summed E-state index contributed by atoms with van der Waals surface area (Å²) < 4.78 is 19.6. The van der Waals surface area contributed by atoms with Crippen LogP contribution in [0, 0.1) is 0 Å². The van der Waals surface area contributed by atoms with Gasteiger partial charge >= 0.3 is 11.9 Å². The molecule has 5 N–H and O–H groups in total. The number of carboxylic acids is 2. The number of methoxy groups -OCH3 is 1. The summed E-state index contributed by atoms with van der Waals surface area (Å²) in [6.07, 6.45) is 2.06. The Morgan fingerprint density at radius 2 is 1.37 bits per heavy atom. The molecule has 3 saturated heterocycles. The number of carboxylic acid groups (broad SMARTS) is 2. The lowest BCUT2D eigenvalue weighted by atomic mass is 9.95. The van der Waals surface area contributed by atoms with Gasteiger partial charge in [0.1, 0.15) is 24.4 Å². The van der Waals surface area contributed by atoms with Gasteiger partial charge in [-0.15, -0.1) is 0 Å². The lowest BCUT2D eigenvalue weighted by Gasteiger charge is -2.41. The summed E-state index contributed by atoms with van der Waals surface area (Å²) in [4.78, 5) is 100. The van der Waals surface area contributed by atoms with Crippen molar-refractivity contribution in [2.75, 3.05) is 137 Å². The van der Waals surface area contributed by atoms with Gasteiger partial charge in [0.15, 0.2) is 5.69 Å². The molecule has 436 valence electrons. The quantitative estimate of drug-likeness (QED) is 0.0844. The average molecular weight is 1160 g/mol. The molecule has 0 unspecified atom stereocenters. The minimum Gasteiger partial charge on any atom is -0.496 e. The zero-order valence-electron chi connectivity index (χ0n) is 45.9. The van der Waals surface area contributed by atoms with Crippen LogP contribution in [0.2, 0.25) is 10.0 Å². The first-order valence-electron chi connectivity index (χ1n) is 27.1. The number of amides is 4. The molecule has 4 amide bonds. The first kappa shape index (κ1) is 60.4. The number of carbonyl (C=O) groups excluding carboxylic acids is 5. The highest BCUT2D eigenvalue weighted by Crippen LogP contribution is 2.47. The maximum absolute atomic E-state index is 14.4. The van der Waals surface area contributed by atoms with Gasteiger partial charge in [-0.1, -0.05) is 35.3 Å². The maximum Gasteiger partial charge on any atom is 0.317 e. The number of anilines is 1. The normalized spacial score (nSPS) is 18.0. The molecule has 0 aliphatic carbocycles. The fourth-order valence-electron chi connectivity index (χ4n) is 10.7. The number of hydrogen-bond acceptors (Lipinski definition) is 16. The number of rotatable bonds is 19. The van der Waals surface area contributed by atoms with Gasteiger partial charge in [-0.3, -0.25) is 53.3 Å². The summed E-state index contributed by atoms with van der Waals surface area (Å²) in [5.41, 5.74) is 3.96. The molecule has 3 fully saturated rings. The van der Waals surface area contributed by atoms with Crippen LogP contribution >= 0.6 is 23.2 Å². The number of carbonyl (C=O) groups is 7. The van der Waals surface area contributed by atoms with Gasteiger partial charge in [0.05, 0.1) is 70.0 Å². The summed E-state index contributed by atoms with van der Waals surface area (Å²) in [5, 5.41) is 33.6. The molecule has 3 aromatic carbocycles. The van der Waals surface area contributed by atoms with Gasteiger partial charge in [0, 0.05) is 129 Å². The van der Waals surface area contributed by atoms with E-state index < -0.39 is 17.5 Å². The standard InChI is InChI=1S/C56H71Cl2N11O12/c1-56(2)36-80-24-22-68(56)55(78)53-45-35-81-47-30-46(79-3)43(29-44(47)54(45)69(62-53)42-27-38(57)26-39(58)28-42)37-5-4-6-41(25-37)61-48(71)7-10-59-49(72)31-64-11-8-40(9-12-64)60-50(73)32-65-15-13-63(21-23-70)14-16-66(33-51(74)75)19-20-67(18-17-65)34-52(76)77/h4-6,23,25-30,40H,7-22,24,31-36H2,1-3H3,(H,59,72)(H,60,73)(H,61,71)(H,74,75)(H,76,77). The van der Waals surface area contributed by atoms with Gasteiger partial charge in [-0.25, -0.2) is 4.68 Å². The smallest absolute Gasteiger partial charge is 0.317 e. The van der Waals surface area contributed by atoms with Crippen molar-refractivity contribution in [3.63, 3.8) is 0 Å². The van der Waals surface area contributed by atoms with Gasteiger partial charge in [-0.2, -0.15) is 5.10 Å². The van der Waals surface area contributed by atoms with E-state index in [0.717, 1.165) is 6.29 Å². The van der Waals surface area contributed by atoms with Crippen molar-refractivity contribution in [3.8, 4) is 39.6 Å². The SMILES string of the molecule is COc1cc2c(cc1-c1cccc(NC(=O)CCNC(=O)CN3CCC(NC(=O)CN4CCN(CC=O)CCN(CC(=O)O)CCN(CC(=O)O)CC4)CC3)c1)-c1c(c(C(=O)N3CCOCC3(C)C)nn1-c1cc(Cl)cc(Cl)c1)CO2. The molecule has 23 nitrogen and oxygen atoms in total. The minimum atomic E-state index is -1.00. The van der Waals surface area contributed by atoms with Gasteiger partial charge in [0.25, 0.3) is 5.91 Å². The van der Waals surface area contributed by atoms with E-state index in [4.69, 9.17) is 42.5 Å². The van der Waals surface area contributed by atoms with Gasteiger partial charge < -0.3 is 50.1 Å². The van der Waals surface area contributed by atoms with Crippen LogP contribution in [0.1, 0.15) is 49.2 Å². The average Bonchev–Trinajstić information content (AvgIpc) is 4.10. The molecule has 1 aromatic heterocycles. The molecule has 25 heteroatoms. The lowest BCUT2D eigenvalue weighted by molar-refractivity contribution is -0.140. The molecule has 0 spiro atoms. The molecular weight excluding hydrogens is 1090 g/mol. The number of nitrogens with one attached hydrogen (secondary N) is 3. The molecule has 4 aliphatic heterocycles. The molecule has 4 aliphatic rings. The van der Waals surface area contributed by atoms with E-state index in [1.807, 2.05) is 52.8 Å². The number of likely N-dealkylation sites (tertiary alicyclic amines) is 1. The number of fused-ring (bicyclic) bond motifs is 3. The molecule has 0 saturated carbocycles. The number of hydrogen-bond donors (Lipinski definition) is 5. The van der Waals surface area contributed by atoms with E-state index in [0.29, 0.717) is 159 Å². The van der Waals surface area contributed by atoms with Crippen LogP contribution < -0.4 is 25.4 Å². The van der Waals surface area contributed by atoms with Crippen molar-refractivity contribution in [3.05, 3.63) is 75.9 Å². The molecule has 5 heterocycles. The number of benzene rings is 3. The van der Waals surface area contributed by atoms with E-state index in [-0.39, 0.29) is 87.7 Å². The van der Waals surface area contributed by atoms with E-state index in [2.05, 4.69) is 16.0 Å². The highest BCUT2D eigenvalue weighted by atomic mass is 35.5. The fourth-order valence-corrected chi connectivity index (χ4v) is 11.2. The van der Waals surface area contributed by atoms with Crippen LogP contribution in [-0.4, -0.2) is 234 Å². The summed E-state index contributed by atoms with van der Waals surface area (Å²) >= 11 is 13.0. The summed E-state index contributed by atoms with van der Waals surface area (Å²) in [6.45, 7) is 9.42. The second kappa shape index (κ2) is 27.8. The zero-order valence-corrected chi connectivity index (χ0v) is 47.4. The molecule has 0 bridgehead atoms. The highest BCUT2D eigenvalue weighted by molar-refractivity contribution is 6.34. The largest absolute Gasteiger partial charge is 0.496 e. The van der Waals surface area contributed by atoms with Crippen LogP contribution in [0.3, 0.4) is 0 Å². The fraction of sp³-hybridized carbons (Fsp3) is 0.500. The van der Waals surface area contributed by atoms with Crippen LogP contribution in [0.5, 0.6) is 11.5 Å². The molecule has 0 atom stereocenters. The predicted molar refractivity (Wildman–Crippen MR) is 302 cm³/mol. The number of ether oxygens (including phenoxy) is 3. The maximum atomic E-state index is 14.4. The predicted octanol–water partition coefficient (Wildman–Crippen LogP) is 3.28. The zero-order chi connectivity index (χ0) is 57.8. The Hall–Kier alpha value is -6.70. The van der Waals surface area contributed by atoms with Crippen LogP contribution in [0.25, 0.3) is 28.1 Å². The van der Waals surface area contributed by atoms with Crippen molar-refractivity contribution >= 4 is 70.7 Å². The number of aromatic nitrogens is 2. The monoisotopic (exact) mass is 1160 g/mol. The van der Waals surface area contributed by atoms with Crippen LogP contribution in [0.4, 0.5) is 5.69 Å². The number of halogens is 2. The third kappa shape index (κ3) is 16.3. The Balaban J connectivity index is 0.838. The van der Waals surface area contributed by atoms with Gasteiger partial charge in [0.2, 0.25) is 17.7 Å². The molecule has 0 radical (unpaired) electrons. The minimum absolute atomic E-state index is 0.0156. The number of aldehydes is 1. The number of nitrogens with zero attached hydrogens (tertiary/aromatic N) is 8. The topological polar surface area (TPSA) is 261 Å². The van der Waals surface area contributed by atoms with Gasteiger partial charge in [-0.05, 0) is 68.7 Å². The summed E-state index contributed by atoms with van der Waals surface area (Å²) in [7, 11) is 1.56. The Morgan fingerprint density at radius 3 is 1.99 bits per heavy atom.